The Bertz CT molecular complexity index is 777. The molecule has 1 aliphatic heterocycles. The summed E-state index contributed by atoms with van der Waals surface area (Å²) in [5, 5.41) is 5.82. The fourth-order valence-electron chi connectivity index (χ4n) is 3.19. The second kappa shape index (κ2) is 8.58. The number of nitrogens with one attached hydrogen (secondary N) is 2. The van der Waals surface area contributed by atoms with Crippen molar-refractivity contribution in [1.29, 1.82) is 0 Å². The molecule has 0 unspecified atom stereocenters. The van der Waals surface area contributed by atoms with Crippen molar-refractivity contribution >= 4 is 17.6 Å². The molecule has 2 aromatic carbocycles. The van der Waals surface area contributed by atoms with Crippen LogP contribution in [0.2, 0.25) is 0 Å². The van der Waals surface area contributed by atoms with Crippen LogP contribution in [0.1, 0.15) is 31.9 Å². The Balaban J connectivity index is 1.54. The molecule has 1 aliphatic rings. The smallest absolute Gasteiger partial charge is 0.315 e. The Labute approximate surface area is 159 Å². The predicted octanol–water partition coefficient (Wildman–Crippen LogP) is 3.25. The lowest BCUT2D eigenvalue weighted by Gasteiger charge is -2.19. The second-order valence-corrected chi connectivity index (χ2v) is 6.58. The van der Waals surface area contributed by atoms with Crippen molar-refractivity contribution in [1.82, 2.24) is 10.6 Å². The number of carbonyl (C=O) groups is 2. The fourth-order valence-corrected chi connectivity index (χ4v) is 3.19. The van der Waals surface area contributed by atoms with Crippen molar-refractivity contribution < 1.29 is 14.3 Å². The number of anilines is 1. The van der Waals surface area contributed by atoms with Crippen LogP contribution in [-0.2, 0) is 4.79 Å². The van der Waals surface area contributed by atoms with E-state index in [1.54, 1.807) is 4.90 Å². The molecule has 3 rings (SSSR count). The number of rotatable bonds is 6. The van der Waals surface area contributed by atoms with Gasteiger partial charge in [0.1, 0.15) is 5.75 Å². The van der Waals surface area contributed by atoms with Gasteiger partial charge in [-0.2, -0.15) is 0 Å². The molecule has 2 atom stereocenters. The number of hydrogen-bond donors (Lipinski definition) is 2. The summed E-state index contributed by atoms with van der Waals surface area (Å²) in [4.78, 5) is 26.3. The normalized spacial score (nSPS) is 17.5. The fraction of sp³-hybridized carbons (Fsp3) is 0.333. The number of benzene rings is 2. The lowest BCUT2D eigenvalue weighted by atomic mass is 10.1. The highest BCUT2D eigenvalue weighted by Crippen LogP contribution is 2.24. The summed E-state index contributed by atoms with van der Waals surface area (Å²) in [6.45, 7) is 4.92. The lowest BCUT2D eigenvalue weighted by Crippen LogP contribution is -2.44. The Morgan fingerprint density at radius 2 is 1.89 bits per heavy atom. The second-order valence-electron chi connectivity index (χ2n) is 6.58. The Kier molecular flexibility index (Phi) is 5.96. The molecule has 0 radical (unpaired) electrons. The van der Waals surface area contributed by atoms with Crippen LogP contribution >= 0.6 is 0 Å². The molecule has 0 saturated carbocycles. The van der Waals surface area contributed by atoms with Gasteiger partial charge in [0.05, 0.1) is 18.7 Å². The molecule has 3 amide bonds. The van der Waals surface area contributed by atoms with E-state index in [0.29, 0.717) is 19.6 Å². The van der Waals surface area contributed by atoms with Gasteiger partial charge in [0.25, 0.3) is 0 Å². The van der Waals surface area contributed by atoms with E-state index < -0.39 is 0 Å². The summed E-state index contributed by atoms with van der Waals surface area (Å²) in [7, 11) is 0. The van der Waals surface area contributed by atoms with E-state index in [1.165, 1.54) is 0 Å². The van der Waals surface area contributed by atoms with Crippen LogP contribution in [-0.4, -0.2) is 31.1 Å². The number of ether oxygens (including phenoxy) is 1. The summed E-state index contributed by atoms with van der Waals surface area (Å²) in [5.41, 5.74) is 1.84. The average molecular weight is 367 g/mol. The average Bonchev–Trinajstić information content (AvgIpc) is 3.03. The van der Waals surface area contributed by atoms with Crippen molar-refractivity contribution in [2.45, 2.75) is 32.4 Å². The topological polar surface area (TPSA) is 70.7 Å². The van der Waals surface area contributed by atoms with Crippen molar-refractivity contribution in [3.8, 4) is 5.75 Å². The molecule has 142 valence electrons. The van der Waals surface area contributed by atoms with Gasteiger partial charge in [-0.15, -0.1) is 0 Å². The Morgan fingerprint density at radius 1 is 1.19 bits per heavy atom. The van der Waals surface area contributed by atoms with Crippen LogP contribution in [0.5, 0.6) is 5.75 Å². The zero-order chi connectivity index (χ0) is 19.2. The van der Waals surface area contributed by atoms with Gasteiger partial charge in [0.2, 0.25) is 5.91 Å². The lowest BCUT2D eigenvalue weighted by molar-refractivity contribution is -0.117. The molecule has 0 spiro atoms. The molecule has 2 N–H and O–H groups in total. The third-order valence-corrected chi connectivity index (χ3v) is 4.57. The first kappa shape index (κ1) is 18.8. The Morgan fingerprint density at radius 3 is 2.56 bits per heavy atom. The molecular formula is C21H25N3O3. The summed E-state index contributed by atoms with van der Waals surface area (Å²) < 4.78 is 5.43. The van der Waals surface area contributed by atoms with Crippen LogP contribution < -0.4 is 20.3 Å². The highest BCUT2D eigenvalue weighted by molar-refractivity contribution is 5.96. The molecule has 0 aromatic heterocycles. The zero-order valence-electron chi connectivity index (χ0n) is 15.6. The monoisotopic (exact) mass is 367 g/mol. The van der Waals surface area contributed by atoms with E-state index in [2.05, 4.69) is 10.6 Å². The summed E-state index contributed by atoms with van der Waals surface area (Å²) in [6, 6.07) is 16.6. The molecule has 1 fully saturated rings. The maximum atomic E-state index is 12.3. The van der Waals surface area contributed by atoms with Gasteiger partial charge < -0.3 is 20.3 Å². The van der Waals surface area contributed by atoms with Gasteiger partial charge in [-0.1, -0.05) is 30.3 Å². The maximum absolute atomic E-state index is 12.3. The molecule has 6 heteroatoms. The number of nitrogens with zero attached hydrogens (tertiary/aromatic N) is 1. The molecule has 2 aromatic rings. The standard InChI is InChI=1S/C21H25N3O3/c1-3-27-19-11-9-18(10-12-19)24-14-17(13-20(24)25)23-21(26)22-15(2)16-7-5-4-6-8-16/h4-12,15,17H,3,13-14H2,1-2H3,(H2,22,23,26)/t15-,17+/m0/s1. The van der Waals surface area contributed by atoms with Crippen LogP contribution in [0.4, 0.5) is 10.5 Å². The molecule has 1 saturated heterocycles. The zero-order valence-corrected chi connectivity index (χ0v) is 15.6. The van der Waals surface area contributed by atoms with Crippen molar-refractivity contribution in [2.75, 3.05) is 18.1 Å². The third kappa shape index (κ3) is 4.78. The van der Waals surface area contributed by atoms with Crippen LogP contribution in [0, 0.1) is 0 Å². The van der Waals surface area contributed by atoms with Crippen LogP contribution in [0.3, 0.4) is 0 Å². The minimum atomic E-state index is -0.266. The molecule has 0 aliphatic carbocycles. The molecular weight excluding hydrogens is 342 g/mol. The van der Waals surface area contributed by atoms with Gasteiger partial charge in [-0.25, -0.2) is 4.79 Å². The maximum Gasteiger partial charge on any atom is 0.315 e. The third-order valence-electron chi connectivity index (χ3n) is 4.57. The van der Waals surface area contributed by atoms with E-state index in [4.69, 9.17) is 4.74 Å². The van der Waals surface area contributed by atoms with Gasteiger partial charge in [0.15, 0.2) is 0 Å². The minimum absolute atomic E-state index is 0.000526. The number of hydrogen-bond acceptors (Lipinski definition) is 3. The number of urea groups is 1. The molecule has 0 bridgehead atoms. The highest BCUT2D eigenvalue weighted by atomic mass is 16.5. The van der Waals surface area contributed by atoms with Gasteiger partial charge in [0, 0.05) is 18.7 Å². The number of amides is 3. The van der Waals surface area contributed by atoms with Crippen molar-refractivity contribution in [2.24, 2.45) is 0 Å². The first-order chi connectivity index (χ1) is 13.1. The van der Waals surface area contributed by atoms with Crippen molar-refractivity contribution in [3.05, 3.63) is 60.2 Å². The minimum Gasteiger partial charge on any atom is -0.494 e. The van der Waals surface area contributed by atoms with Gasteiger partial charge >= 0.3 is 6.03 Å². The predicted molar refractivity (Wildman–Crippen MR) is 105 cm³/mol. The van der Waals surface area contributed by atoms with Crippen LogP contribution in [0.25, 0.3) is 0 Å². The van der Waals surface area contributed by atoms with E-state index in [9.17, 15) is 9.59 Å². The van der Waals surface area contributed by atoms with E-state index >= 15 is 0 Å². The van der Waals surface area contributed by atoms with E-state index in [0.717, 1.165) is 17.0 Å². The Hall–Kier alpha value is -3.02. The summed E-state index contributed by atoms with van der Waals surface area (Å²) in [5.74, 6) is 0.775. The van der Waals surface area contributed by atoms with Crippen LogP contribution in [0.15, 0.2) is 54.6 Å². The first-order valence-corrected chi connectivity index (χ1v) is 9.22. The molecule has 27 heavy (non-hydrogen) atoms. The summed E-state index contributed by atoms with van der Waals surface area (Å²) in [6.07, 6.45) is 0.292. The SMILES string of the molecule is CCOc1ccc(N2C[C@H](NC(=O)N[C@@H](C)c3ccccc3)CC2=O)cc1. The summed E-state index contributed by atoms with van der Waals surface area (Å²) >= 11 is 0. The largest absolute Gasteiger partial charge is 0.494 e. The molecule has 6 nitrogen and oxygen atoms in total. The molecule has 1 heterocycles. The highest BCUT2D eigenvalue weighted by Gasteiger charge is 2.31. The van der Waals surface area contributed by atoms with Crippen molar-refractivity contribution in [3.63, 3.8) is 0 Å². The first-order valence-electron chi connectivity index (χ1n) is 9.22. The van der Waals surface area contributed by atoms with Gasteiger partial charge in [-0.05, 0) is 43.7 Å². The quantitative estimate of drug-likeness (QED) is 0.823. The number of carbonyl (C=O) groups excluding carboxylic acids is 2. The van der Waals surface area contributed by atoms with Gasteiger partial charge in [-0.3, -0.25) is 4.79 Å². The van der Waals surface area contributed by atoms with E-state index in [-0.39, 0.29) is 24.0 Å². The van der Waals surface area contributed by atoms with E-state index in [1.807, 2.05) is 68.4 Å².